The summed E-state index contributed by atoms with van der Waals surface area (Å²) in [5, 5.41) is 7.00. The van der Waals surface area contributed by atoms with Crippen molar-refractivity contribution in [2.24, 2.45) is 0 Å². The fourth-order valence-electron chi connectivity index (χ4n) is 3.18. The molecule has 2 aromatic heterocycles. The third kappa shape index (κ3) is 4.29. The average molecular weight is 344 g/mol. The zero-order valence-electron chi connectivity index (χ0n) is 14.7. The second kappa shape index (κ2) is 7.55. The van der Waals surface area contributed by atoms with Crippen LogP contribution in [0.25, 0.3) is 0 Å². The van der Waals surface area contributed by atoms with Crippen LogP contribution >= 0.6 is 0 Å². The van der Waals surface area contributed by atoms with Gasteiger partial charge in [0.2, 0.25) is 5.91 Å². The van der Waals surface area contributed by atoms with E-state index in [1.165, 1.54) is 6.92 Å². The molecule has 3 rings (SSSR count). The Morgan fingerprint density at radius 1 is 1.36 bits per heavy atom. The maximum atomic E-state index is 12.9. The number of carbonyl (C=O) groups excluding carboxylic acids is 2. The summed E-state index contributed by atoms with van der Waals surface area (Å²) in [6.45, 7) is 5.17. The molecule has 1 saturated heterocycles. The van der Waals surface area contributed by atoms with Crippen molar-refractivity contribution in [3.63, 3.8) is 0 Å². The maximum absolute atomic E-state index is 12.9. The van der Waals surface area contributed by atoms with Crippen molar-refractivity contribution in [3.8, 4) is 0 Å². The van der Waals surface area contributed by atoms with E-state index in [0.29, 0.717) is 24.6 Å². The smallest absolute Gasteiger partial charge is 0.289 e. The van der Waals surface area contributed by atoms with Gasteiger partial charge in [-0.25, -0.2) is 0 Å². The summed E-state index contributed by atoms with van der Waals surface area (Å²) in [7, 11) is 0. The summed E-state index contributed by atoms with van der Waals surface area (Å²) in [4.78, 5) is 25.7. The summed E-state index contributed by atoms with van der Waals surface area (Å²) in [5.74, 6) is 0.677. The molecule has 1 unspecified atom stereocenters. The van der Waals surface area contributed by atoms with Crippen molar-refractivity contribution in [2.45, 2.75) is 52.2 Å². The highest BCUT2D eigenvalue weighted by atomic mass is 16.4. The molecule has 1 fully saturated rings. The molecule has 1 atom stereocenters. The molecule has 0 aliphatic carbocycles. The minimum absolute atomic E-state index is 0.0948. The third-order valence-electron chi connectivity index (χ3n) is 4.43. The molecule has 2 amide bonds. The van der Waals surface area contributed by atoms with Crippen molar-refractivity contribution in [1.29, 1.82) is 0 Å². The summed E-state index contributed by atoms with van der Waals surface area (Å²) >= 11 is 0. The molecule has 134 valence electrons. The van der Waals surface area contributed by atoms with Crippen LogP contribution in [0.4, 0.5) is 0 Å². The Labute approximate surface area is 147 Å². The quantitative estimate of drug-likeness (QED) is 0.901. The van der Waals surface area contributed by atoms with Gasteiger partial charge in [0.05, 0.1) is 25.3 Å². The lowest BCUT2D eigenvalue weighted by Crippen LogP contribution is -2.45. The first kappa shape index (κ1) is 17.3. The number of hydrogen-bond acceptors (Lipinski definition) is 4. The summed E-state index contributed by atoms with van der Waals surface area (Å²) in [6.07, 6.45) is 6.90. The van der Waals surface area contributed by atoms with Crippen LogP contribution in [0.2, 0.25) is 0 Å². The molecule has 0 aromatic carbocycles. The number of nitrogens with one attached hydrogen (secondary N) is 1. The summed E-state index contributed by atoms with van der Waals surface area (Å²) in [5.41, 5.74) is 1.11. The van der Waals surface area contributed by atoms with Gasteiger partial charge in [-0.3, -0.25) is 14.3 Å². The Kier molecular flexibility index (Phi) is 5.21. The number of aryl methyl sites for hydroxylation is 1. The molecular weight excluding hydrogens is 320 g/mol. The van der Waals surface area contributed by atoms with Gasteiger partial charge in [0, 0.05) is 19.7 Å². The van der Waals surface area contributed by atoms with Crippen LogP contribution in [0.1, 0.15) is 48.1 Å². The van der Waals surface area contributed by atoms with Crippen molar-refractivity contribution < 1.29 is 14.0 Å². The predicted octanol–water partition coefficient (Wildman–Crippen LogP) is 2.12. The van der Waals surface area contributed by atoms with E-state index in [9.17, 15) is 9.59 Å². The second-order valence-electron chi connectivity index (χ2n) is 6.56. The Balaban J connectivity index is 1.69. The van der Waals surface area contributed by atoms with Crippen molar-refractivity contribution in [3.05, 3.63) is 41.6 Å². The highest BCUT2D eigenvalue weighted by Gasteiger charge is 2.29. The molecule has 1 aliphatic rings. The molecular formula is C18H24N4O3. The lowest BCUT2D eigenvalue weighted by molar-refractivity contribution is -0.119. The standard InChI is InChI=1S/C18H24N4O3/c1-13-9-20-21(11-13)12-15-5-3-4-8-22(15)18(24)17-7-6-16(25-17)10-19-14(2)23/h6-7,9,11,15H,3-5,8,10,12H2,1-2H3,(H,19,23). The van der Waals surface area contributed by atoms with Crippen LogP contribution in [0, 0.1) is 6.92 Å². The fraction of sp³-hybridized carbons (Fsp3) is 0.500. The van der Waals surface area contributed by atoms with Crippen LogP contribution < -0.4 is 5.32 Å². The molecule has 1 N–H and O–H groups in total. The molecule has 25 heavy (non-hydrogen) atoms. The van der Waals surface area contributed by atoms with Crippen LogP contribution in [0.5, 0.6) is 0 Å². The van der Waals surface area contributed by atoms with E-state index in [4.69, 9.17) is 4.42 Å². The second-order valence-corrected chi connectivity index (χ2v) is 6.56. The van der Waals surface area contributed by atoms with E-state index in [0.717, 1.165) is 31.4 Å². The lowest BCUT2D eigenvalue weighted by atomic mass is 10.0. The molecule has 7 heteroatoms. The average Bonchev–Trinajstić information content (AvgIpc) is 3.22. The highest BCUT2D eigenvalue weighted by molar-refractivity contribution is 5.91. The zero-order valence-corrected chi connectivity index (χ0v) is 14.7. The number of hydrogen-bond donors (Lipinski definition) is 1. The van der Waals surface area contributed by atoms with E-state index >= 15 is 0 Å². The van der Waals surface area contributed by atoms with E-state index < -0.39 is 0 Å². The molecule has 2 aromatic rings. The van der Waals surface area contributed by atoms with Gasteiger partial charge in [0.1, 0.15) is 5.76 Å². The van der Waals surface area contributed by atoms with Gasteiger partial charge in [-0.15, -0.1) is 0 Å². The SMILES string of the molecule is CC(=O)NCc1ccc(C(=O)N2CCCCC2Cn2cc(C)cn2)o1. The number of furan rings is 1. The van der Waals surface area contributed by atoms with E-state index in [1.54, 1.807) is 12.1 Å². The van der Waals surface area contributed by atoms with Gasteiger partial charge in [-0.2, -0.15) is 5.10 Å². The van der Waals surface area contributed by atoms with Crippen LogP contribution in [-0.4, -0.2) is 39.1 Å². The topological polar surface area (TPSA) is 80.4 Å². The minimum Gasteiger partial charge on any atom is -0.454 e. The number of carbonyl (C=O) groups is 2. The first-order chi connectivity index (χ1) is 12.0. The molecule has 0 spiro atoms. The van der Waals surface area contributed by atoms with Crippen LogP contribution in [0.3, 0.4) is 0 Å². The monoisotopic (exact) mass is 344 g/mol. The minimum atomic E-state index is -0.130. The van der Waals surface area contributed by atoms with Gasteiger partial charge in [0.15, 0.2) is 5.76 Å². The number of piperidine rings is 1. The number of aromatic nitrogens is 2. The highest BCUT2D eigenvalue weighted by Crippen LogP contribution is 2.22. The number of likely N-dealkylation sites (tertiary alicyclic amines) is 1. The van der Waals surface area contributed by atoms with Crippen molar-refractivity contribution in [2.75, 3.05) is 6.54 Å². The van der Waals surface area contributed by atoms with E-state index in [-0.39, 0.29) is 17.9 Å². The largest absolute Gasteiger partial charge is 0.454 e. The van der Waals surface area contributed by atoms with Gasteiger partial charge >= 0.3 is 0 Å². The Bertz CT molecular complexity index is 749. The van der Waals surface area contributed by atoms with Gasteiger partial charge in [-0.05, 0) is 43.9 Å². The zero-order chi connectivity index (χ0) is 17.8. The van der Waals surface area contributed by atoms with Gasteiger partial charge in [-0.1, -0.05) is 0 Å². The molecule has 1 aliphatic heterocycles. The third-order valence-corrected chi connectivity index (χ3v) is 4.43. The molecule has 3 heterocycles. The summed E-state index contributed by atoms with van der Waals surface area (Å²) in [6, 6.07) is 3.53. The Hall–Kier alpha value is -2.57. The lowest BCUT2D eigenvalue weighted by Gasteiger charge is -2.35. The normalized spacial score (nSPS) is 17.5. The first-order valence-electron chi connectivity index (χ1n) is 8.66. The molecule has 0 radical (unpaired) electrons. The van der Waals surface area contributed by atoms with Crippen molar-refractivity contribution >= 4 is 11.8 Å². The predicted molar refractivity (Wildman–Crippen MR) is 91.9 cm³/mol. The van der Waals surface area contributed by atoms with Crippen LogP contribution in [-0.2, 0) is 17.9 Å². The maximum Gasteiger partial charge on any atom is 0.289 e. The fourth-order valence-corrected chi connectivity index (χ4v) is 3.18. The first-order valence-corrected chi connectivity index (χ1v) is 8.66. The molecule has 0 bridgehead atoms. The van der Waals surface area contributed by atoms with Gasteiger partial charge in [0.25, 0.3) is 5.91 Å². The number of amides is 2. The van der Waals surface area contributed by atoms with Crippen molar-refractivity contribution in [1.82, 2.24) is 20.0 Å². The number of rotatable bonds is 5. The Morgan fingerprint density at radius 2 is 2.20 bits per heavy atom. The van der Waals surface area contributed by atoms with E-state index in [2.05, 4.69) is 10.4 Å². The Morgan fingerprint density at radius 3 is 2.92 bits per heavy atom. The molecule has 7 nitrogen and oxygen atoms in total. The van der Waals surface area contributed by atoms with Crippen LogP contribution in [0.15, 0.2) is 28.9 Å². The van der Waals surface area contributed by atoms with E-state index in [1.807, 2.05) is 28.9 Å². The van der Waals surface area contributed by atoms with Gasteiger partial charge < -0.3 is 14.6 Å². The summed E-state index contributed by atoms with van der Waals surface area (Å²) < 4.78 is 7.52. The molecule has 0 saturated carbocycles. The number of nitrogens with zero attached hydrogens (tertiary/aromatic N) is 3.